The molecule has 0 saturated heterocycles. The Bertz CT molecular complexity index is 320. The van der Waals surface area contributed by atoms with Crippen molar-refractivity contribution < 1.29 is 9.53 Å². The summed E-state index contributed by atoms with van der Waals surface area (Å²) < 4.78 is 6.50. The van der Waals surface area contributed by atoms with Crippen LogP contribution in [-0.4, -0.2) is 29.2 Å². The minimum atomic E-state index is -0.342. The van der Waals surface area contributed by atoms with Gasteiger partial charge in [-0.2, -0.15) is 0 Å². The second-order valence-corrected chi connectivity index (χ2v) is 3.32. The van der Waals surface area contributed by atoms with Gasteiger partial charge in [0.25, 0.3) is 0 Å². The van der Waals surface area contributed by atoms with Crippen molar-refractivity contribution in [3.8, 4) is 0 Å². The van der Waals surface area contributed by atoms with Gasteiger partial charge in [0.05, 0.1) is 13.4 Å². The molecule has 0 spiro atoms. The Hall–Kier alpha value is -1.78. The van der Waals surface area contributed by atoms with Gasteiger partial charge in [-0.25, -0.2) is 9.78 Å². The van der Waals surface area contributed by atoms with Gasteiger partial charge in [0.2, 0.25) is 0 Å². The van der Waals surface area contributed by atoms with Gasteiger partial charge < -0.3 is 14.6 Å². The molecule has 0 saturated carbocycles. The maximum absolute atomic E-state index is 10.7. The molecule has 0 bridgehead atoms. The van der Waals surface area contributed by atoms with Crippen LogP contribution in [-0.2, 0) is 16.1 Å². The van der Waals surface area contributed by atoms with Gasteiger partial charge in [-0.05, 0) is 12.8 Å². The quantitative estimate of drug-likeness (QED) is 0.424. The molecule has 1 aromatic rings. The van der Waals surface area contributed by atoms with Crippen LogP contribution in [0.5, 0.6) is 0 Å². The zero-order valence-electron chi connectivity index (χ0n) is 9.43. The SMILES string of the molecule is COC(=O)/C=C/NCCCCn1ccnc1. The number of ether oxygens (including phenoxy) is 1. The number of hydrogen-bond donors (Lipinski definition) is 1. The summed E-state index contributed by atoms with van der Waals surface area (Å²) in [7, 11) is 1.36. The Morgan fingerprint density at radius 2 is 2.44 bits per heavy atom. The number of methoxy groups -OCH3 is 1. The molecule has 0 aromatic carbocycles. The monoisotopic (exact) mass is 223 g/mol. The number of unbranched alkanes of at least 4 members (excludes halogenated alkanes) is 1. The van der Waals surface area contributed by atoms with E-state index in [0.29, 0.717) is 0 Å². The van der Waals surface area contributed by atoms with Crippen molar-refractivity contribution in [1.82, 2.24) is 14.9 Å². The molecule has 1 rings (SSSR count). The fourth-order valence-corrected chi connectivity index (χ4v) is 1.22. The molecule has 1 heterocycles. The minimum Gasteiger partial charge on any atom is -0.466 e. The van der Waals surface area contributed by atoms with Crippen LogP contribution in [0.25, 0.3) is 0 Å². The van der Waals surface area contributed by atoms with E-state index >= 15 is 0 Å². The number of nitrogens with one attached hydrogen (secondary N) is 1. The normalized spacial score (nSPS) is 10.6. The molecule has 88 valence electrons. The average Bonchev–Trinajstić information content (AvgIpc) is 2.80. The minimum absolute atomic E-state index is 0.342. The highest BCUT2D eigenvalue weighted by Gasteiger charge is 1.91. The lowest BCUT2D eigenvalue weighted by molar-refractivity contribution is -0.134. The molecule has 5 nitrogen and oxygen atoms in total. The third-order valence-electron chi connectivity index (χ3n) is 2.09. The number of carbonyl (C=O) groups is 1. The maximum atomic E-state index is 10.7. The van der Waals surface area contributed by atoms with Crippen molar-refractivity contribution in [2.75, 3.05) is 13.7 Å². The zero-order chi connectivity index (χ0) is 11.6. The second-order valence-electron chi connectivity index (χ2n) is 3.32. The molecule has 5 heteroatoms. The van der Waals surface area contributed by atoms with E-state index in [1.807, 2.05) is 17.1 Å². The molecule has 0 aliphatic heterocycles. The molecule has 16 heavy (non-hydrogen) atoms. The molecule has 0 radical (unpaired) electrons. The average molecular weight is 223 g/mol. The van der Waals surface area contributed by atoms with Gasteiger partial charge in [0.15, 0.2) is 0 Å². The zero-order valence-corrected chi connectivity index (χ0v) is 9.43. The van der Waals surface area contributed by atoms with Crippen LogP contribution >= 0.6 is 0 Å². The van der Waals surface area contributed by atoms with E-state index in [-0.39, 0.29) is 5.97 Å². The fraction of sp³-hybridized carbons (Fsp3) is 0.455. The Labute approximate surface area is 95.1 Å². The third-order valence-corrected chi connectivity index (χ3v) is 2.09. The van der Waals surface area contributed by atoms with E-state index < -0.39 is 0 Å². The third kappa shape index (κ3) is 5.19. The molecule has 0 aliphatic rings. The standard InChI is InChI=1S/C11H17N3O2/c1-16-11(15)4-6-12-5-2-3-8-14-9-7-13-10-14/h4,6-7,9-10,12H,2-3,5,8H2,1H3/b6-4+. The molecule has 0 amide bonds. The molecule has 1 aromatic heterocycles. The van der Waals surface area contributed by atoms with Crippen molar-refractivity contribution >= 4 is 5.97 Å². The summed E-state index contributed by atoms with van der Waals surface area (Å²) in [4.78, 5) is 14.7. The smallest absolute Gasteiger partial charge is 0.331 e. The largest absolute Gasteiger partial charge is 0.466 e. The van der Waals surface area contributed by atoms with Gasteiger partial charge in [-0.15, -0.1) is 0 Å². The Balaban J connectivity index is 1.96. The number of carbonyl (C=O) groups excluding carboxylic acids is 1. The summed E-state index contributed by atoms with van der Waals surface area (Å²) >= 11 is 0. The summed E-state index contributed by atoms with van der Waals surface area (Å²) in [5, 5.41) is 3.02. The number of aryl methyl sites for hydroxylation is 1. The molecule has 0 fully saturated rings. The number of rotatable bonds is 7. The van der Waals surface area contributed by atoms with Crippen LogP contribution in [0.15, 0.2) is 31.0 Å². The van der Waals surface area contributed by atoms with Crippen molar-refractivity contribution in [2.45, 2.75) is 19.4 Å². The first kappa shape index (κ1) is 12.3. The fourth-order valence-electron chi connectivity index (χ4n) is 1.22. The number of nitrogens with zero attached hydrogens (tertiary/aromatic N) is 2. The molecular weight excluding hydrogens is 206 g/mol. The van der Waals surface area contributed by atoms with Gasteiger partial charge in [-0.3, -0.25) is 0 Å². The summed E-state index contributed by atoms with van der Waals surface area (Å²) in [6.45, 7) is 1.82. The summed E-state index contributed by atoms with van der Waals surface area (Å²) in [6.07, 6.45) is 10.6. The van der Waals surface area contributed by atoms with Crippen LogP contribution in [0.3, 0.4) is 0 Å². The van der Waals surface area contributed by atoms with Crippen LogP contribution < -0.4 is 5.32 Å². The van der Waals surface area contributed by atoms with Crippen molar-refractivity contribution in [3.05, 3.63) is 31.0 Å². The highest BCUT2D eigenvalue weighted by molar-refractivity contribution is 5.81. The summed E-state index contributed by atoms with van der Waals surface area (Å²) in [6, 6.07) is 0. The molecule has 0 unspecified atom stereocenters. The van der Waals surface area contributed by atoms with Crippen molar-refractivity contribution in [3.63, 3.8) is 0 Å². The summed E-state index contributed by atoms with van der Waals surface area (Å²) in [5.74, 6) is -0.342. The van der Waals surface area contributed by atoms with Crippen LogP contribution in [0, 0.1) is 0 Å². The lowest BCUT2D eigenvalue weighted by Crippen LogP contribution is -2.09. The maximum Gasteiger partial charge on any atom is 0.331 e. The molecule has 0 aliphatic carbocycles. The highest BCUT2D eigenvalue weighted by atomic mass is 16.5. The van der Waals surface area contributed by atoms with Gasteiger partial charge in [0.1, 0.15) is 0 Å². The van der Waals surface area contributed by atoms with Crippen LogP contribution in [0.2, 0.25) is 0 Å². The first-order valence-electron chi connectivity index (χ1n) is 5.26. The molecule has 0 atom stereocenters. The van der Waals surface area contributed by atoms with Crippen LogP contribution in [0.4, 0.5) is 0 Å². The van der Waals surface area contributed by atoms with Crippen molar-refractivity contribution in [1.29, 1.82) is 0 Å². The molecular formula is C11H17N3O2. The highest BCUT2D eigenvalue weighted by Crippen LogP contribution is 1.93. The van der Waals surface area contributed by atoms with Crippen LogP contribution in [0.1, 0.15) is 12.8 Å². The second kappa shape index (κ2) is 7.50. The lowest BCUT2D eigenvalue weighted by atomic mass is 10.3. The van der Waals surface area contributed by atoms with E-state index in [2.05, 4.69) is 15.0 Å². The number of aromatic nitrogens is 2. The summed E-state index contributed by atoms with van der Waals surface area (Å²) in [5.41, 5.74) is 0. The van der Waals surface area contributed by atoms with E-state index in [4.69, 9.17) is 0 Å². The number of esters is 1. The predicted octanol–water partition coefficient (Wildman–Crippen LogP) is 0.940. The first-order valence-corrected chi connectivity index (χ1v) is 5.26. The Morgan fingerprint density at radius 1 is 1.56 bits per heavy atom. The van der Waals surface area contributed by atoms with E-state index in [1.165, 1.54) is 13.2 Å². The van der Waals surface area contributed by atoms with Crippen molar-refractivity contribution in [2.24, 2.45) is 0 Å². The van der Waals surface area contributed by atoms with Gasteiger partial charge in [-0.1, -0.05) is 0 Å². The molecule has 1 N–H and O–H groups in total. The van der Waals surface area contributed by atoms with E-state index in [0.717, 1.165) is 25.9 Å². The Kier molecular flexibility index (Phi) is 5.76. The number of imidazole rings is 1. The predicted molar refractivity (Wildman–Crippen MR) is 60.6 cm³/mol. The van der Waals surface area contributed by atoms with Gasteiger partial charge >= 0.3 is 5.97 Å². The first-order chi connectivity index (χ1) is 7.83. The lowest BCUT2D eigenvalue weighted by Gasteiger charge is -2.02. The van der Waals surface area contributed by atoms with E-state index in [1.54, 1.807) is 12.4 Å². The number of hydrogen-bond acceptors (Lipinski definition) is 4. The topological polar surface area (TPSA) is 56.1 Å². The van der Waals surface area contributed by atoms with Gasteiger partial charge in [0, 0.05) is 37.8 Å². The van der Waals surface area contributed by atoms with E-state index in [9.17, 15) is 4.79 Å². The Morgan fingerprint density at radius 3 is 3.12 bits per heavy atom.